The Morgan fingerprint density at radius 2 is 1.68 bits per heavy atom. The average molecular weight is 325 g/mol. The molecule has 0 saturated carbocycles. The SMILES string of the molecule is CC(C)(C(=O)Cl)c1ccc(CN2CCN(C(=O)O)CC2)cc1. The molecule has 1 amide bonds. The largest absolute Gasteiger partial charge is 0.465 e. The maximum Gasteiger partial charge on any atom is 0.407 e. The number of nitrogens with zero attached hydrogens (tertiary/aromatic N) is 2. The number of amides is 1. The van der Waals surface area contributed by atoms with E-state index < -0.39 is 11.5 Å². The van der Waals surface area contributed by atoms with Gasteiger partial charge in [0.1, 0.15) is 0 Å². The smallest absolute Gasteiger partial charge is 0.407 e. The molecule has 1 aromatic carbocycles. The number of piperazine rings is 1. The van der Waals surface area contributed by atoms with E-state index in [0.717, 1.165) is 30.8 Å². The van der Waals surface area contributed by atoms with Crippen molar-refractivity contribution >= 4 is 22.9 Å². The number of benzene rings is 1. The van der Waals surface area contributed by atoms with E-state index in [1.54, 1.807) is 0 Å². The number of carbonyl (C=O) groups excluding carboxylic acids is 1. The van der Waals surface area contributed by atoms with Crippen LogP contribution in [0.4, 0.5) is 4.79 Å². The van der Waals surface area contributed by atoms with E-state index in [9.17, 15) is 9.59 Å². The van der Waals surface area contributed by atoms with Crippen molar-refractivity contribution < 1.29 is 14.7 Å². The summed E-state index contributed by atoms with van der Waals surface area (Å²) in [6.07, 6.45) is -0.850. The summed E-state index contributed by atoms with van der Waals surface area (Å²) in [6, 6.07) is 7.87. The Morgan fingerprint density at radius 1 is 1.14 bits per heavy atom. The molecule has 1 heterocycles. The summed E-state index contributed by atoms with van der Waals surface area (Å²) < 4.78 is 0. The van der Waals surface area contributed by atoms with Gasteiger partial charge in [-0.25, -0.2) is 4.79 Å². The molecule has 1 aliphatic rings. The molecule has 0 bridgehead atoms. The summed E-state index contributed by atoms with van der Waals surface area (Å²) in [5.74, 6) is 0. The van der Waals surface area contributed by atoms with Crippen LogP contribution in [-0.4, -0.2) is 52.4 Å². The van der Waals surface area contributed by atoms with Crippen molar-refractivity contribution in [2.75, 3.05) is 26.2 Å². The summed E-state index contributed by atoms with van der Waals surface area (Å²) >= 11 is 5.64. The van der Waals surface area contributed by atoms with Crippen LogP contribution < -0.4 is 0 Å². The van der Waals surface area contributed by atoms with Gasteiger partial charge >= 0.3 is 6.09 Å². The summed E-state index contributed by atoms with van der Waals surface area (Å²) in [5.41, 5.74) is 1.35. The molecule has 0 aliphatic carbocycles. The van der Waals surface area contributed by atoms with Crippen LogP contribution in [-0.2, 0) is 16.8 Å². The van der Waals surface area contributed by atoms with E-state index in [4.69, 9.17) is 16.7 Å². The van der Waals surface area contributed by atoms with Gasteiger partial charge in [-0.05, 0) is 36.6 Å². The lowest BCUT2D eigenvalue weighted by Crippen LogP contribution is -2.47. The molecule has 1 aliphatic heterocycles. The van der Waals surface area contributed by atoms with Crippen LogP contribution >= 0.6 is 11.6 Å². The molecular weight excluding hydrogens is 304 g/mol. The van der Waals surface area contributed by atoms with Crippen molar-refractivity contribution in [1.82, 2.24) is 9.80 Å². The monoisotopic (exact) mass is 324 g/mol. The lowest BCUT2D eigenvalue weighted by molar-refractivity contribution is -0.115. The van der Waals surface area contributed by atoms with Gasteiger partial charge in [0.15, 0.2) is 0 Å². The fourth-order valence-electron chi connectivity index (χ4n) is 2.50. The van der Waals surface area contributed by atoms with Gasteiger partial charge in [0.05, 0.1) is 5.41 Å². The first kappa shape index (κ1) is 16.8. The molecule has 0 unspecified atom stereocenters. The molecule has 22 heavy (non-hydrogen) atoms. The van der Waals surface area contributed by atoms with E-state index in [1.165, 1.54) is 4.90 Å². The van der Waals surface area contributed by atoms with Gasteiger partial charge in [0, 0.05) is 32.7 Å². The molecule has 0 spiro atoms. The number of halogens is 1. The zero-order chi connectivity index (χ0) is 16.3. The van der Waals surface area contributed by atoms with E-state index >= 15 is 0 Å². The van der Waals surface area contributed by atoms with Crippen molar-refractivity contribution in [3.8, 4) is 0 Å². The highest BCUT2D eigenvalue weighted by Gasteiger charge is 2.28. The zero-order valence-corrected chi connectivity index (χ0v) is 13.6. The number of carboxylic acid groups (broad SMARTS) is 1. The van der Waals surface area contributed by atoms with Crippen LogP contribution in [0.2, 0.25) is 0 Å². The molecule has 1 fully saturated rings. The quantitative estimate of drug-likeness (QED) is 0.865. The minimum atomic E-state index is -0.850. The number of hydrogen-bond donors (Lipinski definition) is 1. The third-order valence-electron chi connectivity index (χ3n) is 4.22. The lowest BCUT2D eigenvalue weighted by Gasteiger charge is -2.33. The molecule has 1 aromatic rings. The Hall–Kier alpha value is -1.59. The molecule has 0 atom stereocenters. The van der Waals surface area contributed by atoms with Crippen LogP contribution in [0.25, 0.3) is 0 Å². The first-order chi connectivity index (χ1) is 10.3. The molecule has 0 aromatic heterocycles. The standard InChI is InChI=1S/C16H21ClN2O3/c1-16(2,14(17)20)13-5-3-12(4-6-13)11-18-7-9-19(10-8-18)15(21)22/h3-6H,7-11H2,1-2H3,(H,21,22). The van der Waals surface area contributed by atoms with Gasteiger partial charge in [-0.15, -0.1) is 0 Å². The summed E-state index contributed by atoms with van der Waals surface area (Å²) in [6.45, 7) is 6.95. The van der Waals surface area contributed by atoms with Gasteiger partial charge < -0.3 is 10.0 Å². The van der Waals surface area contributed by atoms with Crippen LogP contribution in [0.5, 0.6) is 0 Å². The van der Waals surface area contributed by atoms with Gasteiger partial charge in [0.2, 0.25) is 5.24 Å². The van der Waals surface area contributed by atoms with Crippen LogP contribution in [0.3, 0.4) is 0 Å². The zero-order valence-electron chi connectivity index (χ0n) is 12.9. The summed E-state index contributed by atoms with van der Waals surface area (Å²) in [7, 11) is 0. The van der Waals surface area contributed by atoms with Gasteiger partial charge in [0.25, 0.3) is 0 Å². The van der Waals surface area contributed by atoms with Crippen LogP contribution in [0.15, 0.2) is 24.3 Å². The second-order valence-corrected chi connectivity index (χ2v) is 6.48. The number of rotatable bonds is 4. The summed E-state index contributed by atoms with van der Waals surface area (Å²) in [5, 5.41) is 8.56. The first-order valence-electron chi connectivity index (χ1n) is 7.30. The van der Waals surface area contributed by atoms with Gasteiger partial charge in [-0.1, -0.05) is 24.3 Å². The maximum absolute atomic E-state index is 11.5. The Kier molecular flexibility index (Phi) is 5.08. The Labute approximate surface area is 135 Å². The molecule has 5 nitrogen and oxygen atoms in total. The highest BCUT2D eigenvalue weighted by atomic mass is 35.5. The van der Waals surface area contributed by atoms with E-state index in [-0.39, 0.29) is 5.24 Å². The predicted octanol–water partition coefficient (Wildman–Crippen LogP) is 2.53. The van der Waals surface area contributed by atoms with E-state index in [1.807, 2.05) is 38.1 Å². The molecule has 2 rings (SSSR count). The van der Waals surface area contributed by atoms with Crippen molar-refractivity contribution in [2.24, 2.45) is 0 Å². The Bertz CT molecular complexity index is 549. The van der Waals surface area contributed by atoms with Crippen molar-refractivity contribution in [2.45, 2.75) is 25.8 Å². The first-order valence-corrected chi connectivity index (χ1v) is 7.68. The topological polar surface area (TPSA) is 60.9 Å². The lowest BCUT2D eigenvalue weighted by atomic mass is 9.85. The molecule has 120 valence electrons. The Balaban J connectivity index is 1.95. The molecule has 6 heteroatoms. The maximum atomic E-state index is 11.5. The predicted molar refractivity (Wildman–Crippen MR) is 85.2 cm³/mol. The van der Waals surface area contributed by atoms with Crippen molar-refractivity contribution in [3.63, 3.8) is 0 Å². The average Bonchev–Trinajstić information content (AvgIpc) is 2.48. The van der Waals surface area contributed by atoms with Gasteiger partial charge in [-0.3, -0.25) is 9.69 Å². The fraction of sp³-hybridized carbons (Fsp3) is 0.500. The highest BCUT2D eigenvalue weighted by molar-refractivity contribution is 6.65. The van der Waals surface area contributed by atoms with E-state index in [2.05, 4.69) is 4.90 Å². The minimum Gasteiger partial charge on any atom is -0.465 e. The third kappa shape index (κ3) is 3.78. The van der Waals surface area contributed by atoms with Crippen molar-refractivity contribution in [3.05, 3.63) is 35.4 Å². The second-order valence-electron chi connectivity index (χ2n) is 6.14. The highest BCUT2D eigenvalue weighted by Crippen LogP contribution is 2.26. The molecular formula is C16H21ClN2O3. The Morgan fingerprint density at radius 3 is 2.14 bits per heavy atom. The second kappa shape index (κ2) is 6.67. The minimum absolute atomic E-state index is 0.370. The summed E-state index contributed by atoms with van der Waals surface area (Å²) in [4.78, 5) is 26.0. The van der Waals surface area contributed by atoms with Gasteiger partial charge in [-0.2, -0.15) is 0 Å². The van der Waals surface area contributed by atoms with Crippen LogP contribution in [0, 0.1) is 0 Å². The normalized spacial score (nSPS) is 16.6. The molecule has 1 saturated heterocycles. The molecule has 1 N–H and O–H groups in total. The number of carbonyl (C=O) groups is 2. The number of hydrogen-bond acceptors (Lipinski definition) is 3. The third-order valence-corrected chi connectivity index (χ3v) is 4.69. The fourth-order valence-corrected chi connectivity index (χ4v) is 2.60. The van der Waals surface area contributed by atoms with Crippen molar-refractivity contribution in [1.29, 1.82) is 0 Å². The molecule has 0 radical (unpaired) electrons. The van der Waals surface area contributed by atoms with Crippen LogP contribution in [0.1, 0.15) is 25.0 Å². The van der Waals surface area contributed by atoms with E-state index in [0.29, 0.717) is 13.1 Å².